The normalized spacial score (nSPS) is 27.2. The summed E-state index contributed by atoms with van der Waals surface area (Å²) in [6, 6.07) is 0.202. The molecule has 8 nitrogen and oxygen atoms in total. The van der Waals surface area contributed by atoms with E-state index in [9.17, 15) is 0 Å². The van der Waals surface area contributed by atoms with E-state index in [0.717, 1.165) is 48.7 Å². The monoisotopic (exact) mass is 411 g/mol. The third kappa shape index (κ3) is 3.82. The van der Waals surface area contributed by atoms with Gasteiger partial charge < -0.3 is 4.74 Å². The van der Waals surface area contributed by atoms with Crippen molar-refractivity contribution in [2.24, 2.45) is 11.8 Å². The van der Waals surface area contributed by atoms with Gasteiger partial charge in [-0.25, -0.2) is 19.6 Å². The predicted octanol–water partition coefficient (Wildman–Crippen LogP) is 2.60. The fourth-order valence-corrected chi connectivity index (χ4v) is 5.46. The molecule has 0 unspecified atom stereocenters. The molecule has 1 aliphatic carbocycles. The van der Waals surface area contributed by atoms with Gasteiger partial charge in [0.2, 0.25) is 0 Å². The number of likely N-dealkylation sites (tertiary alicyclic amines) is 1. The highest BCUT2D eigenvalue weighted by Gasteiger charge is 2.43. The minimum atomic E-state index is 0.152. The minimum absolute atomic E-state index is 0.152. The lowest BCUT2D eigenvalue weighted by molar-refractivity contribution is -0.00545. The van der Waals surface area contributed by atoms with Crippen molar-refractivity contribution in [2.75, 3.05) is 20.2 Å². The summed E-state index contributed by atoms with van der Waals surface area (Å²) in [5, 5.41) is 12.1. The van der Waals surface area contributed by atoms with Crippen molar-refractivity contribution in [1.82, 2.24) is 34.8 Å². The molecule has 0 radical (unpaired) electrons. The molecule has 2 aliphatic rings. The van der Waals surface area contributed by atoms with Gasteiger partial charge in [0.25, 0.3) is 0 Å². The largest absolute Gasteiger partial charge is 0.379 e. The van der Waals surface area contributed by atoms with Gasteiger partial charge in [0.05, 0.1) is 29.0 Å². The van der Waals surface area contributed by atoms with Crippen molar-refractivity contribution in [2.45, 2.75) is 38.5 Å². The van der Waals surface area contributed by atoms with Crippen LogP contribution in [0.4, 0.5) is 0 Å². The molecule has 0 amide bonds. The van der Waals surface area contributed by atoms with Crippen LogP contribution in [0.25, 0.3) is 11.3 Å². The average Bonchev–Trinajstić information content (AvgIpc) is 3.47. The number of hydrogen-bond acceptors (Lipinski definition) is 8. The van der Waals surface area contributed by atoms with E-state index >= 15 is 0 Å². The second-order valence-electron chi connectivity index (χ2n) is 8.10. The Morgan fingerprint density at radius 1 is 1.17 bits per heavy atom. The van der Waals surface area contributed by atoms with Gasteiger partial charge in [0, 0.05) is 50.1 Å². The third-order valence-corrected chi connectivity index (χ3v) is 7.04. The van der Waals surface area contributed by atoms with Crippen molar-refractivity contribution >= 4 is 11.3 Å². The summed E-state index contributed by atoms with van der Waals surface area (Å²) in [6.07, 6.45) is 9.32. The van der Waals surface area contributed by atoms with Crippen LogP contribution in [0.5, 0.6) is 0 Å². The molecule has 4 heterocycles. The number of rotatable bonds is 5. The van der Waals surface area contributed by atoms with E-state index in [-0.39, 0.29) is 12.1 Å². The lowest BCUT2D eigenvalue weighted by Crippen LogP contribution is -2.37. The Labute approximate surface area is 174 Å². The first-order chi connectivity index (χ1) is 14.2. The highest BCUT2D eigenvalue weighted by Crippen LogP contribution is 2.42. The predicted molar refractivity (Wildman–Crippen MR) is 109 cm³/mol. The molecule has 9 heteroatoms. The zero-order valence-electron chi connectivity index (χ0n) is 16.7. The second kappa shape index (κ2) is 7.89. The van der Waals surface area contributed by atoms with Crippen LogP contribution in [-0.4, -0.2) is 61.1 Å². The number of thiazole rings is 1. The van der Waals surface area contributed by atoms with E-state index in [1.54, 1.807) is 23.7 Å². The molecule has 0 bridgehead atoms. The summed E-state index contributed by atoms with van der Waals surface area (Å²) >= 11 is 1.73. The van der Waals surface area contributed by atoms with Gasteiger partial charge in [0.1, 0.15) is 12.0 Å². The second-order valence-corrected chi connectivity index (χ2v) is 9.16. The molecule has 0 spiro atoms. The number of hydrogen-bond donors (Lipinski definition) is 0. The SMILES string of the molecule is CO[C@@H]1C[C@H]2CN(Cc3csc(C)n3)C[C@H]2C[C@H]1n1cc(-c2cncnc2)nn1. The van der Waals surface area contributed by atoms with Crippen LogP contribution in [0.1, 0.15) is 29.6 Å². The number of aryl methyl sites for hydroxylation is 1. The maximum absolute atomic E-state index is 5.90. The summed E-state index contributed by atoms with van der Waals surface area (Å²) in [7, 11) is 1.81. The minimum Gasteiger partial charge on any atom is -0.379 e. The molecule has 2 fully saturated rings. The number of methoxy groups -OCH3 is 1. The Hall–Kier alpha value is -2.23. The van der Waals surface area contributed by atoms with Crippen LogP contribution in [0.2, 0.25) is 0 Å². The van der Waals surface area contributed by atoms with Gasteiger partial charge in [-0.3, -0.25) is 4.90 Å². The van der Waals surface area contributed by atoms with Gasteiger partial charge in [-0.1, -0.05) is 5.21 Å². The Morgan fingerprint density at radius 2 is 1.97 bits per heavy atom. The lowest BCUT2D eigenvalue weighted by Gasteiger charge is -2.37. The summed E-state index contributed by atoms with van der Waals surface area (Å²) in [5.41, 5.74) is 2.87. The maximum atomic E-state index is 5.90. The zero-order chi connectivity index (χ0) is 19.8. The Morgan fingerprint density at radius 3 is 2.69 bits per heavy atom. The molecule has 4 atom stereocenters. The van der Waals surface area contributed by atoms with Crippen LogP contribution < -0.4 is 0 Å². The Kier molecular flexibility index (Phi) is 5.11. The summed E-state index contributed by atoms with van der Waals surface area (Å²) < 4.78 is 7.88. The first kappa shape index (κ1) is 18.8. The molecule has 3 aromatic heterocycles. The van der Waals surface area contributed by atoms with E-state index in [2.05, 4.69) is 42.5 Å². The van der Waals surface area contributed by atoms with Crippen LogP contribution >= 0.6 is 11.3 Å². The molecule has 1 aliphatic heterocycles. The van der Waals surface area contributed by atoms with Gasteiger partial charge in [-0.15, -0.1) is 16.4 Å². The fourth-order valence-electron chi connectivity index (χ4n) is 4.86. The van der Waals surface area contributed by atoms with E-state index in [1.807, 2.05) is 18.0 Å². The molecule has 3 aromatic rings. The molecule has 0 aromatic carbocycles. The van der Waals surface area contributed by atoms with E-state index in [0.29, 0.717) is 11.8 Å². The lowest BCUT2D eigenvalue weighted by atomic mass is 9.77. The molecular formula is C20H25N7OS. The smallest absolute Gasteiger partial charge is 0.116 e. The molecule has 152 valence electrons. The molecule has 1 saturated heterocycles. The van der Waals surface area contributed by atoms with E-state index in [1.165, 1.54) is 12.0 Å². The zero-order valence-corrected chi connectivity index (χ0v) is 17.5. The van der Waals surface area contributed by atoms with Crippen molar-refractivity contribution < 1.29 is 4.74 Å². The molecular weight excluding hydrogens is 386 g/mol. The van der Waals surface area contributed by atoms with E-state index < -0.39 is 0 Å². The van der Waals surface area contributed by atoms with Crippen molar-refractivity contribution in [3.63, 3.8) is 0 Å². The van der Waals surface area contributed by atoms with Crippen molar-refractivity contribution in [3.05, 3.63) is 41.0 Å². The topological polar surface area (TPSA) is 81.9 Å². The number of aromatic nitrogens is 6. The van der Waals surface area contributed by atoms with Gasteiger partial charge in [-0.2, -0.15) is 0 Å². The van der Waals surface area contributed by atoms with Crippen LogP contribution in [0.3, 0.4) is 0 Å². The molecule has 5 rings (SSSR count). The van der Waals surface area contributed by atoms with Gasteiger partial charge >= 0.3 is 0 Å². The summed E-state index contributed by atoms with van der Waals surface area (Å²) in [4.78, 5) is 15.3. The van der Waals surface area contributed by atoms with Gasteiger partial charge in [0.15, 0.2) is 0 Å². The maximum Gasteiger partial charge on any atom is 0.116 e. The molecule has 0 N–H and O–H groups in total. The Balaban J connectivity index is 1.30. The highest BCUT2D eigenvalue weighted by atomic mass is 32.1. The van der Waals surface area contributed by atoms with Gasteiger partial charge in [-0.05, 0) is 31.6 Å². The first-order valence-corrected chi connectivity index (χ1v) is 10.9. The molecule has 1 saturated carbocycles. The average molecular weight is 412 g/mol. The van der Waals surface area contributed by atoms with E-state index in [4.69, 9.17) is 4.74 Å². The van der Waals surface area contributed by atoms with Crippen molar-refractivity contribution in [3.8, 4) is 11.3 Å². The van der Waals surface area contributed by atoms with Crippen LogP contribution in [0.15, 0.2) is 30.3 Å². The number of fused-ring (bicyclic) bond motifs is 1. The van der Waals surface area contributed by atoms with Crippen LogP contribution in [-0.2, 0) is 11.3 Å². The fraction of sp³-hybridized carbons (Fsp3) is 0.550. The number of ether oxygens (including phenoxy) is 1. The molecule has 29 heavy (non-hydrogen) atoms. The number of nitrogens with zero attached hydrogens (tertiary/aromatic N) is 7. The third-order valence-electron chi connectivity index (χ3n) is 6.22. The van der Waals surface area contributed by atoms with Crippen LogP contribution in [0, 0.1) is 18.8 Å². The highest BCUT2D eigenvalue weighted by molar-refractivity contribution is 7.09. The quantitative estimate of drug-likeness (QED) is 0.638. The Bertz CT molecular complexity index is 959. The summed E-state index contributed by atoms with van der Waals surface area (Å²) in [5.74, 6) is 1.32. The summed E-state index contributed by atoms with van der Waals surface area (Å²) in [6.45, 7) is 5.25. The standard InChI is InChI=1S/C20H25N7OS/c1-13-23-17(11-29-13)9-26-7-14-3-19(20(28-2)4-15(14)8-26)27-10-18(24-25-27)16-5-21-12-22-6-16/h5-6,10-12,14-15,19-20H,3-4,7-9H2,1-2H3/t14-,15+,19-,20-/m1/s1. The van der Waals surface area contributed by atoms with Crippen molar-refractivity contribution in [1.29, 1.82) is 0 Å². The first-order valence-electron chi connectivity index (χ1n) is 10.0.